The summed E-state index contributed by atoms with van der Waals surface area (Å²) in [5.41, 5.74) is 7.71. The first kappa shape index (κ1) is 11.7. The third-order valence-electron chi connectivity index (χ3n) is 2.26. The van der Waals surface area contributed by atoms with Gasteiger partial charge in [-0.2, -0.15) is 0 Å². The molecular formula is C13H13NO2S. The molecule has 0 aliphatic carbocycles. The third kappa shape index (κ3) is 3.07. The number of hydrogen-bond acceptors (Lipinski definition) is 4. The molecular weight excluding hydrogens is 234 g/mol. The molecule has 0 bridgehead atoms. The van der Waals surface area contributed by atoms with Crippen molar-refractivity contribution < 1.29 is 9.53 Å². The second kappa shape index (κ2) is 5.01. The fourth-order valence-corrected chi connectivity index (χ4v) is 2.16. The summed E-state index contributed by atoms with van der Waals surface area (Å²) in [6.45, 7) is 2.21. The van der Waals surface area contributed by atoms with Gasteiger partial charge in [0.2, 0.25) is 0 Å². The number of nitrogens with two attached hydrogens (primary N) is 1. The van der Waals surface area contributed by atoms with Crippen LogP contribution in [-0.2, 0) is 11.3 Å². The van der Waals surface area contributed by atoms with E-state index in [-0.39, 0.29) is 5.97 Å². The molecule has 0 unspecified atom stereocenters. The van der Waals surface area contributed by atoms with Crippen LogP contribution < -0.4 is 5.73 Å². The van der Waals surface area contributed by atoms with Crippen molar-refractivity contribution in [2.45, 2.75) is 13.5 Å². The van der Waals surface area contributed by atoms with Crippen molar-refractivity contribution in [1.29, 1.82) is 0 Å². The summed E-state index contributed by atoms with van der Waals surface area (Å²) in [6.07, 6.45) is 0. The first-order chi connectivity index (χ1) is 8.15. The largest absolute Gasteiger partial charge is 0.456 e. The lowest BCUT2D eigenvalue weighted by atomic mass is 10.1. The van der Waals surface area contributed by atoms with E-state index in [1.807, 2.05) is 30.5 Å². The average Bonchev–Trinajstić information content (AvgIpc) is 2.77. The second-order valence-electron chi connectivity index (χ2n) is 3.79. The molecule has 3 nitrogen and oxygen atoms in total. The Morgan fingerprint density at radius 2 is 2.24 bits per heavy atom. The molecule has 0 saturated heterocycles. The van der Waals surface area contributed by atoms with Crippen LogP contribution in [0.2, 0.25) is 0 Å². The van der Waals surface area contributed by atoms with Gasteiger partial charge in [0.15, 0.2) is 0 Å². The fraction of sp³-hybridized carbons (Fsp3) is 0.154. The molecule has 0 fully saturated rings. The Balaban J connectivity index is 2.04. The van der Waals surface area contributed by atoms with Crippen molar-refractivity contribution in [3.8, 4) is 0 Å². The highest BCUT2D eigenvalue weighted by atomic mass is 32.1. The summed E-state index contributed by atoms with van der Waals surface area (Å²) in [7, 11) is 0. The zero-order valence-corrected chi connectivity index (χ0v) is 10.3. The molecule has 1 aromatic heterocycles. The Kier molecular flexibility index (Phi) is 3.44. The van der Waals surface area contributed by atoms with Crippen LogP contribution in [0, 0.1) is 6.92 Å². The number of benzene rings is 1. The Bertz CT molecular complexity index is 500. The number of carbonyl (C=O) groups is 1. The van der Waals surface area contributed by atoms with Crippen molar-refractivity contribution in [2.24, 2.45) is 0 Å². The predicted octanol–water partition coefficient (Wildman–Crippen LogP) is 3.00. The Morgan fingerprint density at radius 1 is 1.41 bits per heavy atom. The number of thiophene rings is 1. The van der Waals surface area contributed by atoms with Crippen molar-refractivity contribution in [1.82, 2.24) is 0 Å². The van der Waals surface area contributed by atoms with Crippen LogP contribution in [0.4, 0.5) is 5.69 Å². The fourth-order valence-electron chi connectivity index (χ4n) is 1.55. The Morgan fingerprint density at radius 3 is 2.88 bits per heavy atom. The van der Waals surface area contributed by atoms with E-state index < -0.39 is 0 Å². The van der Waals surface area contributed by atoms with E-state index in [0.29, 0.717) is 17.9 Å². The molecule has 0 aliphatic heterocycles. The minimum absolute atomic E-state index is 0.310. The molecule has 1 heterocycles. The van der Waals surface area contributed by atoms with E-state index in [1.165, 1.54) is 0 Å². The van der Waals surface area contributed by atoms with E-state index >= 15 is 0 Å². The van der Waals surface area contributed by atoms with Crippen LogP contribution in [-0.4, -0.2) is 5.97 Å². The first-order valence-corrected chi connectivity index (χ1v) is 6.10. The van der Waals surface area contributed by atoms with Gasteiger partial charge in [-0.05, 0) is 42.1 Å². The van der Waals surface area contributed by atoms with Gasteiger partial charge in [0.05, 0.1) is 5.56 Å². The van der Waals surface area contributed by atoms with Crippen LogP contribution in [0.15, 0.2) is 35.7 Å². The molecule has 1 aromatic carbocycles. The zero-order chi connectivity index (χ0) is 12.3. The van der Waals surface area contributed by atoms with Crippen molar-refractivity contribution >= 4 is 23.0 Å². The van der Waals surface area contributed by atoms with E-state index in [4.69, 9.17) is 10.5 Å². The molecule has 2 aromatic rings. The normalized spacial score (nSPS) is 10.2. The van der Waals surface area contributed by atoms with Gasteiger partial charge >= 0.3 is 5.97 Å². The summed E-state index contributed by atoms with van der Waals surface area (Å²) >= 11 is 1.56. The number of esters is 1. The maximum absolute atomic E-state index is 11.8. The maximum atomic E-state index is 11.8. The van der Waals surface area contributed by atoms with E-state index in [0.717, 1.165) is 10.4 Å². The van der Waals surface area contributed by atoms with Gasteiger partial charge in [-0.15, -0.1) is 11.3 Å². The van der Waals surface area contributed by atoms with E-state index in [9.17, 15) is 4.79 Å². The molecule has 2 N–H and O–H groups in total. The number of hydrogen-bond donors (Lipinski definition) is 1. The first-order valence-electron chi connectivity index (χ1n) is 5.22. The molecule has 17 heavy (non-hydrogen) atoms. The van der Waals surface area contributed by atoms with Gasteiger partial charge in [-0.25, -0.2) is 4.79 Å². The van der Waals surface area contributed by atoms with Gasteiger partial charge in [-0.1, -0.05) is 6.07 Å². The lowest BCUT2D eigenvalue weighted by molar-refractivity contribution is 0.0477. The molecule has 0 spiro atoms. The molecule has 2 rings (SSSR count). The van der Waals surface area contributed by atoms with Crippen molar-refractivity contribution in [3.63, 3.8) is 0 Å². The highest BCUT2D eigenvalue weighted by Crippen LogP contribution is 2.14. The van der Waals surface area contributed by atoms with E-state index in [1.54, 1.807) is 23.5 Å². The summed E-state index contributed by atoms with van der Waals surface area (Å²) in [5.74, 6) is -0.339. The second-order valence-corrected chi connectivity index (χ2v) is 4.82. The zero-order valence-electron chi connectivity index (χ0n) is 9.47. The Labute approximate surface area is 104 Å². The monoisotopic (exact) mass is 247 g/mol. The number of ether oxygens (including phenoxy) is 1. The van der Waals surface area contributed by atoms with Crippen LogP contribution in [0.1, 0.15) is 20.8 Å². The number of rotatable bonds is 3. The highest BCUT2D eigenvalue weighted by molar-refractivity contribution is 7.09. The molecule has 0 atom stereocenters. The smallest absolute Gasteiger partial charge is 0.338 e. The Hall–Kier alpha value is -1.81. The molecule has 0 aliphatic rings. The molecule has 0 saturated carbocycles. The highest BCUT2D eigenvalue weighted by Gasteiger charge is 2.08. The van der Waals surface area contributed by atoms with Gasteiger partial charge in [0, 0.05) is 10.6 Å². The molecule has 4 heteroatoms. The molecule has 88 valence electrons. The average molecular weight is 247 g/mol. The number of aryl methyl sites for hydroxylation is 1. The minimum atomic E-state index is -0.339. The lowest BCUT2D eigenvalue weighted by Crippen LogP contribution is -2.05. The maximum Gasteiger partial charge on any atom is 0.338 e. The van der Waals surface area contributed by atoms with Crippen LogP contribution in [0.3, 0.4) is 0 Å². The summed E-state index contributed by atoms with van der Waals surface area (Å²) in [4.78, 5) is 12.8. The number of nitrogen functional groups attached to an aromatic ring is 1. The summed E-state index contributed by atoms with van der Waals surface area (Å²) < 4.78 is 5.20. The standard InChI is InChI=1S/C13H13NO2S/c1-9-5-10(7-11(14)6-9)13(15)16-8-12-3-2-4-17-12/h2-7H,8,14H2,1H3. The summed E-state index contributed by atoms with van der Waals surface area (Å²) in [6, 6.07) is 9.08. The topological polar surface area (TPSA) is 52.3 Å². The van der Waals surface area contributed by atoms with Crippen molar-refractivity contribution in [3.05, 3.63) is 51.7 Å². The van der Waals surface area contributed by atoms with Crippen LogP contribution in [0.5, 0.6) is 0 Å². The van der Waals surface area contributed by atoms with E-state index in [2.05, 4.69) is 0 Å². The van der Waals surface area contributed by atoms with Gasteiger partial charge < -0.3 is 10.5 Å². The molecule has 0 radical (unpaired) electrons. The van der Waals surface area contributed by atoms with Crippen molar-refractivity contribution in [2.75, 3.05) is 5.73 Å². The van der Waals surface area contributed by atoms with Crippen LogP contribution in [0.25, 0.3) is 0 Å². The van der Waals surface area contributed by atoms with Gasteiger partial charge in [-0.3, -0.25) is 0 Å². The van der Waals surface area contributed by atoms with Gasteiger partial charge in [0.1, 0.15) is 6.61 Å². The molecule has 0 amide bonds. The predicted molar refractivity (Wildman–Crippen MR) is 69.0 cm³/mol. The SMILES string of the molecule is Cc1cc(N)cc(C(=O)OCc2cccs2)c1. The van der Waals surface area contributed by atoms with Gasteiger partial charge in [0.25, 0.3) is 0 Å². The number of carbonyl (C=O) groups excluding carboxylic acids is 1. The summed E-state index contributed by atoms with van der Waals surface area (Å²) in [5, 5.41) is 1.95. The quantitative estimate of drug-likeness (QED) is 0.670. The third-order valence-corrected chi connectivity index (χ3v) is 3.11. The minimum Gasteiger partial charge on any atom is -0.456 e. The van der Waals surface area contributed by atoms with Crippen LogP contribution >= 0.6 is 11.3 Å². The number of anilines is 1. The lowest BCUT2D eigenvalue weighted by Gasteiger charge is -2.05.